The third-order valence-corrected chi connectivity index (χ3v) is 3.83. The lowest BCUT2D eigenvalue weighted by atomic mass is 10.1. The van der Waals surface area contributed by atoms with Gasteiger partial charge in [-0.1, -0.05) is 30.3 Å². The molecule has 22 heavy (non-hydrogen) atoms. The number of nitrogens with one attached hydrogen (secondary N) is 1. The van der Waals surface area contributed by atoms with E-state index in [9.17, 15) is 4.79 Å². The van der Waals surface area contributed by atoms with Gasteiger partial charge >= 0.3 is 0 Å². The first kappa shape index (κ1) is 14.6. The molecule has 0 saturated carbocycles. The van der Waals surface area contributed by atoms with E-state index in [2.05, 4.69) is 24.4 Å². The lowest BCUT2D eigenvalue weighted by Crippen LogP contribution is -2.44. The Morgan fingerprint density at radius 1 is 1.27 bits per heavy atom. The summed E-state index contributed by atoms with van der Waals surface area (Å²) in [6, 6.07) is 16.3. The molecule has 0 spiro atoms. The minimum atomic E-state index is -0.505. The van der Waals surface area contributed by atoms with Gasteiger partial charge in [-0.15, -0.1) is 0 Å². The van der Waals surface area contributed by atoms with Crippen molar-refractivity contribution in [1.29, 1.82) is 0 Å². The molecule has 4 heteroatoms. The van der Waals surface area contributed by atoms with Gasteiger partial charge in [0.2, 0.25) is 0 Å². The van der Waals surface area contributed by atoms with E-state index in [1.807, 2.05) is 41.3 Å². The van der Waals surface area contributed by atoms with Crippen LogP contribution in [0, 0.1) is 6.92 Å². The second kappa shape index (κ2) is 6.62. The van der Waals surface area contributed by atoms with Crippen molar-refractivity contribution in [2.45, 2.75) is 19.8 Å². The number of aryl methyl sites for hydroxylation is 1. The summed E-state index contributed by atoms with van der Waals surface area (Å²) >= 11 is 0. The molecule has 1 aliphatic heterocycles. The molecule has 0 aromatic heterocycles. The molecule has 114 valence electrons. The number of fused-ring (bicyclic) bond motifs is 1. The van der Waals surface area contributed by atoms with Crippen molar-refractivity contribution in [3.63, 3.8) is 0 Å². The molecule has 4 nitrogen and oxygen atoms in total. The number of aldehydes is 1. The van der Waals surface area contributed by atoms with E-state index in [1.165, 1.54) is 5.56 Å². The number of nitrogens with zero attached hydrogens (tertiary/aromatic N) is 1. The smallest absolute Gasteiger partial charge is 0.187 e. The summed E-state index contributed by atoms with van der Waals surface area (Å²) in [7, 11) is 0. The average Bonchev–Trinajstić information content (AvgIpc) is 2.55. The number of ether oxygens (including phenoxy) is 1. The fourth-order valence-corrected chi connectivity index (χ4v) is 2.75. The lowest BCUT2D eigenvalue weighted by Gasteiger charge is -2.35. The molecule has 1 unspecified atom stereocenters. The lowest BCUT2D eigenvalue weighted by molar-refractivity contribution is -0.119. The Morgan fingerprint density at radius 2 is 2.14 bits per heavy atom. The van der Waals surface area contributed by atoms with Crippen molar-refractivity contribution in [1.82, 2.24) is 0 Å². The van der Waals surface area contributed by atoms with Crippen LogP contribution in [0.15, 0.2) is 48.5 Å². The molecule has 1 aliphatic rings. The van der Waals surface area contributed by atoms with Gasteiger partial charge in [0.25, 0.3) is 0 Å². The Labute approximate surface area is 130 Å². The van der Waals surface area contributed by atoms with Crippen molar-refractivity contribution < 1.29 is 9.53 Å². The second-order valence-corrected chi connectivity index (χ2v) is 5.46. The summed E-state index contributed by atoms with van der Waals surface area (Å²) in [6.45, 7) is 4.00. The average molecular weight is 296 g/mol. The predicted octanol–water partition coefficient (Wildman–Crippen LogP) is 2.97. The first-order valence-corrected chi connectivity index (χ1v) is 7.50. The van der Waals surface area contributed by atoms with E-state index in [0.29, 0.717) is 13.2 Å². The van der Waals surface area contributed by atoms with Crippen LogP contribution in [0.5, 0.6) is 0 Å². The molecule has 0 radical (unpaired) electrons. The molecule has 1 heterocycles. The van der Waals surface area contributed by atoms with Crippen molar-refractivity contribution in [3.8, 4) is 0 Å². The fourth-order valence-electron chi connectivity index (χ4n) is 2.75. The predicted molar refractivity (Wildman–Crippen MR) is 88.1 cm³/mol. The molecule has 0 fully saturated rings. The van der Waals surface area contributed by atoms with E-state index in [4.69, 9.17) is 4.74 Å². The van der Waals surface area contributed by atoms with E-state index < -0.39 is 6.23 Å². The van der Waals surface area contributed by atoms with Crippen LogP contribution in [0.25, 0.3) is 0 Å². The Morgan fingerprint density at radius 3 is 2.95 bits per heavy atom. The summed E-state index contributed by atoms with van der Waals surface area (Å²) in [5.74, 6) is 0. The molecule has 0 aliphatic carbocycles. The van der Waals surface area contributed by atoms with E-state index in [0.717, 1.165) is 29.8 Å². The Kier molecular flexibility index (Phi) is 4.39. The number of carbonyl (C=O) groups is 1. The molecule has 0 saturated heterocycles. The molecule has 0 bridgehead atoms. The van der Waals surface area contributed by atoms with Crippen molar-refractivity contribution in [2.24, 2.45) is 0 Å². The van der Waals surface area contributed by atoms with Crippen LogP contribution in [-0.4, -0.2) is 25.6 Å². The standard InChI is InChI=1S/C18H20N2O2/c1-14-5-4-7-16(11-14)19-9-10-20-17-8-3-2-6-15(17)13-22-18(20)12-21/h2-8,11-12,18-19H,9-10,13H2,1H3. The highest BCUT2D eigenvalue weighted by atomic mass is 16.5. The van der Waals surface area contributed by atoms with E-state index >= 15 is 0 Å². The van der Waals surface area contributed by atoms with Gasteiger partial charge in [-0.25, -0.2) is 0 Å². The molecule has 2 aromatic rings. The zero-order valence-corrected chi connectivity index (χ0v) is 12.7. The highest BCUT2D eigenvalue weighted by molar-refractivity contribution is 5.67. The first-order chi connectivity index (χ1) is 10.8. The number of anilines is 2. The Hall–Kier alpha value is -2.33. The summed E-state index contributed by atoms with van der Waals surface area (Å²) in [5, 5.41) is 3.40. The van der Waals surface area contributed by atoms with Crippen LogP contribution < -0.4 is 10.2 Å². The SMILES string of the molecule is Cc1cccc(NCCN2c3ccccc3COC2C=O)c1. The number of rotatable bonds is 5. The minimum absolute atomic E-state index is 0.487. The van der Waals surface area contributed by atoms with Crippen LogP contribution in [0.4, 0.5) is 11.4 Å². The summed E-state index contributed by atoms with van der Waals surface area (Å²) < 4.78 is 5.62. The molecule has 1 atom stereocenters. The van der Waals surface area contributed by atoms with Crippen LogP contribution >= 0.6 is 0 Å². The van der Waals surface area contributed by atoms with E-state index in [1.54, 1.807) is 0 Å². The fraction of sp³-hybridized carbons (Fsp3) is 0.278. The number of hydrogen-bond acceptors (Lipinski definition) is 4. The van der Waals surface area contributed by atoms with Gasteiger partial charge < -0.3 is 15.0 Å². The van der Waals surface area contributed by atoms with Gasteiger partial charge in [-0.3, -0.25) is 4.79 Å². The van der Waals surface area contributed by atoms with Gasteiger partial charge in [-0.2, -0.15) is 0 Å². The molecular formula is C18H20N2O2. The molecule has 3 rings (SSSR count). The van der Waals surface area contributed by atoms with Crippen LogP contribution in [0.3, 0.4) is 0 Å². The molecule has 0 amide bonds. The third-order valence-electron chi connectivity index (χ3n) is 3.83. The highest BCUT2D eigenvalue weighted by Crippen LogP contribution is 2.28. The van der Waals surface area contributed by atoms with E-state index in [-0.39, 0.29) is 0 Å². The van der Waals surface area contributed by atoms with Crippen LogP contribution in [-0.2, 0) is 16.1 Å². The van der Waals surface area contributed by atoms with Gasteiger partial charge in [0.05, 0.1) is 6.61 Å². The summed E-state index contributed by atoms with van der Waals surface area (Å²) in [6.07, 6.45) is 0.358. The highest BCUT2D eigenvalue weighted by Gasteiger charge is 2.25. The van der Waals surface area contributed by atoms with Crippen LogP contribution in [0.1, 0.15) is 11.1 Å². The maximum Gasteiger partial charge on any atom is 0.187 e. The third kappa shape index (κ3) is 3.12. The largest absolute Gasteiger partial charge is 0.383 e. The summed E-state index contributed by atoms with van der Waals surface area (Å²) in [4.78, 5) is 13.3. The van der Waals surface area contributed by atoms with Gasteiger partial charge in [0.15, 0.2) is 12.5 Å². The Balaban J connectivity index is 1.69. The normalized spacial score (nSPS) is 17.0. The maximum atomic E-state index is 11.3. The van der Waals surface area contributed by atoms with Gasteiger partial charge in [0.1, 0.15) is 0 Å². The maximum absolute atomic E-state index is 11.3. The molecule has 1 N–H and O–H groups in total. The topological polar surface area (TPSA) is 41.6 Å². The van der Waals surface area contributed by atoms with Crippen LogP contribution in [0.2, 0.25) is 0 Å². The quantitative estimate of drug-likeness (QED) is 0.861. The number of para-hydroxylation sites is 1. The molecular weight excluding hydrogens is 276 g/mol. The number of carbonyl (C=O) groups excluding carboxylic acids is 1. The van der Waals surface area contributed by atoms with Crippen molar-refractivity contribution in [3.05, 3.63) is 59.7 Å². The second-order valence-electron chi connectivity index (χ2n) is 5.46. The number of benzene rings is 2. The van der Waals surface area contributed by atoms with Gasteiger partial charge in [0, 0.05) is 30.0 Å². The van der Waals surface area contributed by atoms with Crippen molar-refractivity contribution >= 4 is 17.7 Å². The number of hydrogen-bond donors (Lipinski definition) is 1. The minimum Gasteiger partial charge on any atom is -0.383 e. The Bertz CT molecular complexity index is 657. The van der Waals surface area contributed by atoms with Gasteiger partial charge in [-0.05, 0) is 30.7 Å². The first-order valence-electron chi connectivity index (χ1n) is 7.50. The summed E-state index contributed by atoms with van der Waals surface area (Å²) in [5.41, 5.74) is 4.52. The zero-order chi connectivity index (χ0) is 15.4. The monoisotopic (exact) mass is 296 g/mol. The zero-order valence-electron chi connectivity index (χ0n) is 12.7. The molecule has 2 aromatic carbocycles. The van der Waals surface area contributed by atoms with Crippen molar-refractivity contribution in [2.75, 3.05) is 23.3 Å².